The number of aryl methyl sites for hydroxylation is 1. The Labute approximate surface area is 147 Å². The fourth-order valence-electron chi connectivity index (χ4n) is 3.02. The van der Waals surface area contributed by atoms with Gasteiger partial charge in [-0.2, -0.15) is 4.57 Å². The van der Waals surface area contributed by atoms with Crippen LogP contribution in [0.15, 0.2) is 59.0 Å². The molecule has 0 aliphatic heterocycles. The van der Waals surface area contributed by atoms with Crippen molar-refractivity contribution in [2.24, 2.45) is 7.05 Å². The minimum absolute atomic E-state index is 0.823. The van der Waals surface area contributed by atoms with Crippen molar-refractivity contribution in [3.05, 3.63) is 58.2 Å². The summed E-state index contributed by atoms with van der Waals surface area (Å²) in [7, 11) is 3.74. The Balaban J connectivity index is 2.18. The van der Waals surface area contributed by atoms with Gasteiger partial charge in [0.15, 0.2) is 11.5 Å². The van der Waals surface area contributed by atoms with Crippen molar-refractivity contribution >= 4 is 44.6 Å². The lowest BCUT2D eigenvalue weighted by molar-refractivity contribution is -0.624. The van der Waals surface area contributed by atoms with Gasteiger partial charge in [0.05, 0.1) is 16.1 Å². The molecule has 4 rings (SSSR count). The number of ether oxygens (including phenoxy) is 1. The zero-order valence-electron chi connectivity index (χ0n) is 12.8. The molecule has 0 unspecified atom stereocenters. The molecule has 0 spiro atoms. The molecule has 3 nitrogen and oxygen atoms in total. The monoisotopic (exact) mass is 416 g/mol. The number of aromatic nitrogens is 1. The van der Waals surface area contributed by atoms with E-state index in [0.29, 0.717) is 0 Å². The van der Waals surface area contributed by atoms with E-state index in [2.05, 4.69) is 51.4 Å². The van der Waals surface area contributed by atoms with Crippen LogP contribution in [-0.2, 0) is 7.05 Å². The van der Waals surface area contributed by atoms with Crippen LogP contribution >= 0.6 is 22.6 Å². The summed E-state index contributed by atoms with van der Waals surface area (Å²) in [5.41, 5.74) is 2.98. The van der Waals surface area contributed by atoms with Crippen LogP contribution in [0.4, 0.5) is 0 Å². The minimum Gasteiger partial charge on any atom is -0.495 e. The number of fused-ring (bicyclic) bond motifs is 2. The van der Waals surface area contributed by atoms with Gasteiger partial charge < -0.3 is 9.15 Å². The van der Waals surface area contributed by atoms with Crippen molar-refractivity contribution in [2.75, 3.05) is 7.11 Å². The second-order valence-corrected chi connectivity index (χ2v) is 6.48. The molecule has 0 saturated heterocycles. The zero-order chi connectivity index (χ0) is 16.0. The minimum atomic E-state index is 0.823. The molecule has 0 aliphatic rings. The molecule has 0 amide bonds. The van der Waals surface area contributed by atoms with E-state index in [1.54, 1.807) is 7.11 Å². The number of benzene rings is 2. The molecule has 0 saturated carbocycles. The number of furan rings is 1. The maximum Gasteiger partial charge on any atom is 0.386 e. The van der Waals surface area contributed by atoms with E-state index < -0.39 is 0 Å². The predicted octanol–water partition coefficient (Wildman–Crippen LogP) is 4.69. The van der Waals surface area contributed by atoms with Gasteiger partial charge in [-0.3, -0.25) is 0 Å². The van der Waals surface area contributed by atoms with Crippen molar-refractivity contribution in [1.29, 1.82) is 0 Å². The lowest BCUT2D eigenvalue weighted by Gasteiger charge is -2.05. The SMILES string of the molecule is COc1c2ccccc2[n+](C)c2oc(-c3ccccc3)c(I)c12. The summed E-state index contributed by atoms with van der Waals surface area (Å²) in [4.78, 5) is 0. The number of halogens is 1. The summed E-state index contributed by atoms with van der Waals surface area (Å²) in [6.45, 7) is 0. The van der Waals surface area contributed by atoms with Crippen molar-refractivity contribution < 1.29 is 13.7 Å². The normalized spacial score (nSPS) is 11.3. The van der Waals surface area contributed by atoms with E-state index >= 15 is 0 Å². The van der Waals surface area contributed by atoms with Crippen LogP contribution in [0.3, 0.4) is 0 Å². The average Bonchev–Trinajstić information content (AvgIpc) is 2.94. The number of rotatable bonds is 2. The summed E-state index contributed by atoms with van der Waals surface area (Å²) >= 11 is 2.35. The molecular formula is C19H15INO2+. The molecule has 4 heteroatoms. The Hall–Kier alpha value is -2.08. The standard InChI is InChI=1S/C19H15INO2/c1-21-14-11-7-6-10-13(14)18(22-2)15-16(20)17(23-19(15)21)12-8-4-3-5-9-12/h3-11H,1-2H3/q+1. The number of pyridine rings is 1. The average molecular weight is 416 g/mol. The van der Waals surface area contributed by atoms with Crippen molar-refractivity contribution in [2.45, 2.75) is 0 Å². The van der Waals surface area contributed by atoms with Crippen LogP contribution in [0, 0.1) is 3.57 Å². The zero-order valence-corrected chi connectivity index (χ0v) is 15.0. The molecule has 0 aliphatic carbocycles. The highest BCUT2D eigenvalue weighted by Crippen LogP contribution is 2.40. The molecule has 114 valence electrons. The number of hydrogen-bond acceptors (Lipinski definition) is 2. The fourth-order valence-corrected chi connectivity index (χ4v) is 3.92. The molecule has 2 heterocycles. The van der Waals surface area contributed by atoms with Gasteiger partial charge in [0.1, 0.15) is 12.4 Å². The highest BCUT2D eigenvalue weighted by atomic mass is 127. The second-order valence-electron chi connectivity index (χ2n) is 5.40. The molecule has 4 aromatic rings. The third kappa shape index (κ3) is 2.12. The van der Waals surface area contributed by atoms with Crippen LogP contribution < -0.4 is 9.30 Å². The number of hydrogen-bond donors (Lipinski definition) is 0. The van der Waals surface area contributed by atoms with Gasteiger partial charge in [0, 0.05) is 11.6 Å². The summed E-state index contributed by atoms with van der Waals surface area (Å²) < 4.78 is 15.1. The third-order valence-corrected chi connectivity index (χ3v) is 5.14. The molecule has 0 radical (unpaired) electrons. The first-order valence-electron chi connectivity index (χ1n) is 7.34. The van der Waals surface area contributed by atoms with Gasteiger partial charge in [-0.05, 0) is 28.7 Å². The molecule has 0 fully saturated rings. The lowest BCUT2D eigenvalue weighted by Crippen LogP contribution is -2.29. The topological polar surface area (TPSA) is 26.2 Å². The van der Waals surface area contributed by atoms with E-state index in [1.807, 2.05) is 37.4 Å². The Morgan fingerprint density at radius 1 is 1.00 bits per heavy atom. The largest absolute Gasteiger partial charge is 0.495 e. The van der Waals surface area contributed by atoms with E-state index in [9.17, 15) is 0 Å². The first-order valence-corrected chi connectivity index (χ1v) is 8.42. The van der Waals surface area contributed by atoms with Crippen LogP contribution in [-0.4, -0.2) is 7.11 Å². The molecule has 2 aromatic heterocycles. The van der Waals surface area contributed by atoms with E-state index in [0.717, 1.165) is 42.6 Å². The summed E-state index contributed by atoms with van der Waals surface area (Å²) in [6.07, 6.45) is 0. The molecule has 2 aromatic carbocycles. The lowest BCUT2D eigenvalue weighted by atomic mass is 10.1. The second kappa shape index (κ2) is 5.53. The van der Waals surface area contributed by atoms with Crippen LogP contribution in [0.25, 0.3) is 33.3 Å². The molecule has 23 heavy (non-hydrogen) atoms. The third-order valence-electron chi connectivity index (χ3n) is 4.11. The predicted molar refractivity (Wildman–Crippen MR) is 99.6 cm³/mol. The number of nitrogens with zero attached hydrogens (tertiary/aromatic N) is 1. The van der Waals surface area contributed by atoms with Gasteiger partial charge in [0.25, 0.3) is 0 Å². The van der Waals surface area contributed by atoms with E-state index in [1.165, 1.54) is 0 Å². The maximum atomic E-state index is 6.24. The molecule has 0 bridgehead atoms. The van der Waals surface area contributed by atoms with E-state index in [-0.39, 0.29) is 0 Å². The highest BCUT2D eigenvalue weighted by molar-refractivity contribution is 14.1. The van der Waals surface area contributed by atoms with E-state index in [4.69, 9.17) is 9.15 Å². The van der Waals surface area contributed by atoms with Crippen LogP contribution in [0.1, 0.15) is 0 Å². The smallest absolute Gasteiger partial charge is 0.386 e. The van der Waals surface area contributed by atoms with Gasteiger partial charge in [0.2, 0.25) is 5.52 Å². The fraction of sp³-hybridized carbons (Fsp3) is 0.105. The number of para-hydroxylation sites is 1. The van der Waals surface area contributed by atoms with Gasteiger partial charge in [-0.1, -0.05) is 42.5 Å². The van der Waals surface area contributed by atoms with Gasteiger partial charge >= 0.3 is 5.71 Å². The Bertz CT molecular complexity index is 1020. The van der Waals surface area contributed by atoms with Crippen molar-refractivity contribution in [3.63, 3.8) is 0 Å². The first kappa shape index (κ1) is 14.5. The van der Waals surface area contributed by atoms with Gasteiger partial charge in [-0.15, -0.1) is 0 Å². The molecular weight excluding hydrogens is 401 g/mol. The van der Waals surface area contributed by atoms with Crippen LogP contribution in [0.5, 0.6) is 5.75 Å². The van der Waals surface area contributed by atoms with Crippen LogP contribution in [0.2, 0.25) is 0 Å². The quantitative estimate of drug-likeness (QED) is 0.350. The first-order chi connectivity index (χ1) is 11.2. The molecule has 0 N–H and O–H groups in total. The maximum absolute atomic E-state index is 6.24. The summed E-state index contributed by atoms with van der Waals surface area (Å²) in [5, 5.41) is 2.11. The van der Waals surface area contributed by atoms with Crippen molar-refractivity contribution in [1.82, 2.24) is 0 Å². The summed E-state index contributed by atoms with van der Waals surface area (Å²) in [6, 6.07) is 18.4. The number of methoxy groups -OCH3 is 1. The highest BCUT2D eigenvalue weighted by Gasteiger charge is 2.27. The Morgan fingerprint density at radius 2 is 1.70 bits per heavy atom. The summed E-state index contributed by atoms with van der Waals surface area (Å²) in [5.74, 6) is 1.74. The van der Waals surface area contributed by atoms with Gasteiger partial charge in [-0.25, -0.2) is 0 Å². The Kier molecular flexibility index (Phi) is 3.49. The Morgan fingerprint density at radius 3 is 2.43 bits per heavy atom. The molecule has 0 atom stereocenters. The van der Waals surface area contributed by atoms with Crippen molar-refractivity contribution in [3.8, 4) is 17.1 Å².